The Kier molecular flexibility index (Phi) is 4.96. The molecule has 0 radical (unpaired) electrons. The summed E-state index contributed by atoms with van der Waals surface area (Å²) in [4.78, 5) is 2.31. The number of nitrogens with zero attached hydrogens (tertiary/aromatic N) is 1. The molecule has 16 heavy (non-hydrogen) atoms. The minimum atomic E-state index is -0.349. The molecule has 0 aromatic carbocycles. The van der Waals surface area contributed by atoms with Gasteiger partial charge in [0.05, 0.1) is 19.3 Å². The van der Waals surface area contributed by atoms with E-state index in [1.165, 1.54) is 0 Å². The van der Waals surface area contributed by atoms with E-state index in [-0.39, 0.29) is 11.6 Å². The Morgan fingerprint density at radius 2 is 2.00 bits per heavy atom. The Labute approximate surface area is 99.1 Å². The monoisotopic (exact) mass is 227 g/mol. The Balaban J connectivity index is 2.56. The lowest BCUT2D eigenvalue weighted by Crippen LogP contribution is -2.56. The lowest BCUT2D eigenvalue weighted by molar-refractivity contribution is -0.0612. The van der Waals surface area contributed by atoms with Crippen LogP contribution in [0.1, 0.15) is 33.6 Å². The molecule has 1 heterocycles. The molecule has 0 saturated carbocycles. The van der Waals surface area contributed by atoms with E-state index in [1.807, 2.05) is 0 Å². The Morgan fingerprint density at radius 3 is 2.50 bits per heavy atom. The average Bonchev–Trinajstić information content (AvgIpc) is 2.29. The SMILES string of the molecule is C=C(CC)CC(O)C(C)(C)N1CCOCC1. The lowest BCUT2D eigenvalue weighted by Gasteiger charge is -2.44. The molecular weight excluding hydrogens is 202 g/mol. The van der Waals surface area contributed by atoms with E-state index < -0.39 is 0 Å². The highest BCUT2D eigenvalue weighted by molar-refractivity contribution is 5.01. The molecule has 0 aromatic heterocycles. The molecular formula is C13H25NO2. The maximum Gasteiger partial charge on any atom is 0.0755 e. The van der Waals surface area contributed by atoms with Crippen molar-refractivity contribution < 1.29 is 9.84 Å². The van der Waals surface area contributed by atoms with Gasteiger partial charge >= 0.3 is 0 Å². The van der Waals surface area contributed by atoms with Gasteiger partial charge in [-0.2, -0.15) is 0 Å². The van der Waals surface area contributed by atoms with Crippen LogP contribution < -0.4 is 0 Å². The summed E-state index contributed by atoms with van der Waals surface area (Å²) in [6, 6.07) is 0. The minimum Gasteiger partial charge on any atom is -0.391 e. The summed E-state index contributed by atoms with van der Waals surface area (Å²) in [5.74, 6) is 0. The fraction of sp³-hybridized carbons (Fsp3) is 0.846. The zero-order valence-corrected chi connectivity index (χ0v) is 10.8. The largest absolute Gasteiger partial charge is 0.391 e. The second-order valence-electron chi connectivity index (χ2n) is 5.08. The highest BCUT2D eigenvalue weighted by atomic mass is 16.5. The van der Waals surface area contributed by atoms with Crippen molar-refractivity contribution in [1.82, 2.24) is 4.90 Å². The van der Waals surface area contributed by atoms with E-state index in [2.05, 4.69) is 32.3 Å². The molecule has 1 unspecified atom stereocenters. The van der Waals surface area contributed by atoms with Gasteiger partial charge in [-0.1, -0.05) is 19.1 Å². The van der Waals surface area contributed by atoms with Gasteiger partial charge in [-0.15, -0.1) is 0 Å². The Hall–Kier alpha value is -0.380. The summed E-state index contributed by atoms with van der Waals surface area (Å²) in [6.45, 7) is 13.6. The van der Waals surface area contributed by atoms with E-state index in [9.17, 15) is 5.11 Å². The van der Waals surface area contributed by atoms with E-state index in [0.717, 1.165) is 38.3 Å². The normalized spacial score (nSPS) is 20.8. The lowest BCUT2D eigenvalue weighted by atomic mass is 9.89. The number of aliphatic hydroxyl groups is 1. The molecule has 1 atom stereocenters. The van der Waals surface area contributed by atoms with Crippen LogP contribution in [-0.2, 0) is 4.74 Å². The van der Waals surface area contributed by atoms with Crippen molar-refractivity contribution in [1.29, 1.82) is 0 Å². The molecule has 1 saturated heterocycles. The first-order chi connectivity index (χ1) is 7.48. The molecule has 0 spiro atoms. The molecule has 3 heteroatoms. The van der Waals surface area contributed by atoms with E-state index in [4.69, 9.17) is 4.74 Å². The molecule has 1 aliphatic rings. The summed E-state index contributed by atoms with van der Waals surface area (Å²) >= 11 is 0. The van der Waals surface area contributed by atoms with Gasteiger partial charge in [0.2, 0.25) is 0 Å². The van der Waals surface area contributed by atoms with Crippen LogP contribution in [0.3, 0.4) is 0 Å². The summed E-state index contributed by atoms with van der Waals surface area (Å²) in [5.41, 5.74) is 0.927. The van der Waals surface area contributed by atoms with Gasteiger partial charge in [-0.3, -0.25) is 4.90 Å². The van der Waals surface area contributed by atoms with Crippen LogP contribution in [0, 0.1) is 0 Å². The van der Waals surface area contributed by atoms with Crippen molar-refractivity contribution in [3.8, 4) is 0 Å². The molecule has 0 aromatic rings. The van der Waals surface area contributed by atoms with Crippen molar-refractivity contribution >= 4 is 0 Å². The zero-order valence-electron chi connectivity index (χ0n) is 10.8. The highest BCUT2D eigenvalue weighted by Crippen LogP contribution is 2.25. The molecule has 1 aliphatic heterocycles. The quantitative estimate of drug-likeness (QED) is 0.727. The number of rotatable bonds is 5. The molecule has 94 valence electrons. The smallest absolute Gasteiger partial charge is 0.0755 e. The van der Waals surface area contributed by atoms with Crippen molar-refractivity contribution in [2.75, 3.05) is 26.3 Å². The second kappa shape index (κ2) is 5.80. The van der Waals surface area contributed by atoms with Gasteiger partial charge < -0.3 is 9.84 Å². The maximum atomic E-state index is 10.3. The van der Waals surface area contributed by atoms with Gasteiger partial charge in [-0.25, -0.2) is 0 Å². The average molecular weight is 227 g/mol. The summed E-state index contributed by atoms with van der Waals surface area (Å²) in [6.07, 6.45) is 1.29. The van der Waals surface area contributed by atoms with Gasteiger partial charge in [-0.05, 0) is 26.7 Å². The van der Waals surface area contributed by atoms with Gasteiger partial charge in [0.15, 0.2) is 0 Å². The maximum absolute atomic E-state index is 10.3. The van der Waals surface area contributed by atoms with Crippen LogP contribution in [0.15, 0.2) is 12.2 Å². The first-order valence-electron chi connectivity index (χ1n) is 6.16. The fourth-order valence-electron chi connectivity index (χ4n) is 2.02. The third-order valence-electron chi connectivity index (χ3n) is 3.62. The summed E-state index contributed by atoms with van der Waals surface area (Å²) in [5, 5.41) is 10.3. The number of morpholine rings is 1. The Morgan fingerprint density at radius 1 is 1.44 bits per heavy atom. The predicted octanol–water partition coefficient (Wildman–Crippen LogP) is 1.81. The first kappa shape index (κ1) is 13.7. The molecule has 0 amide bonds. The number of hydrogen-bond acceptors (Lipinski definition) is 3. The third-order valence-corrected chi connectivity index (χ3v) is 3.62. The van der Waals surface area contributed by atoms with Crippen molar-refractivity contribution in [3.63, 3.8) is 0 Å². The van der Waals surface area contributed by atoms with Crippen molar-refractivity contribution in [2.24, 2.45) is 0 Å². The van der Waals surface area contributed by atoms with Gasteiger partial charge in [0.25, 0.3) is 0 Å². The van der Waals surface area contributed by atoms with Crippen LogP contribution >= 0.6 is 0 Å². The van der Waals surface area contributed by atoms with Crippen LogP contribution in [0.2, 0.25) is 0 Å². The number of aliphatic hydroxyl groups excluding tert-OH is 1. The van der Waals surface area contributed by atoms with Crippen LogP contribution in [-0.4, -0.2) is 48.0 Å². The van der Waals surface area contributed by atoms with Gasteiger partial charge in [0.1, 0.15) is 0 Å². The molecule has 0 bridgehead atoms. The van der Waals surface area contributed by atoms with Crippen molar-refractivity contribution in [3.05, 3.63) is 12.2 Å². The standard InChI is InChI=1S/C13H25NO2/c1-5-11(2)10-12(15)13(3,4)14-6-8-16-9-7-14/h12,15H,2,5-10H2,1,3-4H3. The first-order valence-corrected chi connectivity index (χ1v) is 6.16. The zero-order chi connectivity index (χ0) is 12.2. The van der Waals surface area contributed by atoms with E-state index >= 15 is 0 Å². The predicted molar refractivity (Wildman–Crippen MR) is 66.5 cm³/mol. The Bertz CT molecular complexity index is 232. The molecule has 0 aliphatic carbocycles. The third kappa shape index (κ3) is 3.30. The van der Waals surface area contributed by atoms with Crippen LogP contribution in [0.25, 0.3) is 0 Å². The van der Waals surface area contributed by atoms with Crippen molar-refractivity contribution in [2.45, 2.75) is 45.3 Å². The van der Waals surface area contributed by atoms with Crippen LogP contribution in [0.5, 0.6) is 0 Å². The van der Waals surface area contributed by atoms with E-state index in [0.29, 0.717) is 6.42 Å². The highest BCUT2D eigenvalue weighted by Gasteiger charge is 2.35. The number of ether oxygens (including phenoxy) is 1. The van der Waals surface area contributed by atoms with Crippen LogP contribution in [0.4, 0.5) is 0 Å². The molecule has 3 nitrogen and oxygen atoms in total. The summed E-state index contributed by atoms with van der Waals surface area (Å²) in [7, 11) is 0. The summed E-state index contributed by atoms with van der Waals surface area (Å²) < 4.78 is 5.34. The molecule has 1 N–H and O–H groups in total. The second-order valence-corrected chi connectivity index (χ2v) is 5.08. The number of hydrogen-bond donors (Lipinski definition) is 1. The van der Waals surface area contributed by atoms with Gasteiger partial charge in [0, 0.05) is 18.6 Å². The topological polar surface area (TPSA) is 32.7 Å². The molecule has 1 fully saturated rings. The van der Waals surface area contributed by atoms with E-state index in [1.54, 1.807) is 0 Å². The molecule has 1 rings (SSSR count). The fourth-order valence-corrected chi connectivity index (χ4v) is 2.02. The minimum absolute atomic E-state index is 0.193.